The van der Waals surface area contributed by atoms with Gasteiger partial charge >= 0.3 is 0 Å². The quantitative estimate of drug-likeness (QED) is 0.866. The van der Waals surface area contributed by atoms with Crippen molar-refractivity contribution in [3.63, 3.8) is 0 Å². The van der Waals surface area contributed by atoms with Crippen LogP contribution in [0.25, 0.3) is 0 Å². The fraction of sp³-hybridized carbons (Fsp3) is 0.692. The number of hydrogen-bond acceptors (Lipinski definition) is 4. The van der Waals surface area contributed by atoms with E-state index < -0.39 is 0 Å². The summed E-state index contributed by atoms with van der Waals surface area (Å²) in [6.45, 7) is 5.00. The molecule has 102 valence electrons. The van der Waals surface area contributed by atoms with Gasteiger partial charge in [-0.25, -0.2) is 0 Å². The molecule has 1 fully saturated rings. The summed E-state index contributed by atoms with van der Waals surface area (Å²) in [4.78, 5) is 2.36. The Morgan fingerprint density at radius 3 is 2.94 bits per heavy atom. The monoisotopic (exact) mass is 332 g/mol. The van der Waals surface area contributed by atoms with Gasteiger partial charge in [-0.05, 0) is 52.8 Å². The smallest absolute Gasteiger partial charge is 0.0701 e. The van der Waals surface area contributed by atoms with Crippen molar-refractivity contribution in [1.29, 1.82) is 0 Å². The van der Waals surface area contributed by atoms with Gasteiger partial charge in [0.05, 0.1) is 3.79 Å². The van der Waals surface area contributed by atoms with Crippen LogP contribution >= 0.6 is 27.3 Å². The van der Waals surface area contributed by atoms with E-state index >= 15 is 0 Å². The van der Waals surface area contributed by atoms with Crippen molar-refractivity contribution in [2.24, 2.45) is 0 Å². The highest BCUT2D eigenvalue weighted by molar-refractivity contribution is 9.11. The molecule has 3 nitrogen and oxygen atoms in total. The molecule has 1 aliphatic heterocycles. The van der Waals surface area contributed by atoms with E-state index in [2.05, 4.69) is 44.6 Å². The van der Waals surface area contributed by atoms with Crippen LogP contribution in [0.3, 0.4) is 0 Å². The fourth-order valence-electron chi connectivity index (χ4n) is 2.18. The molecule has 0 amide bonds. The first-order chi connectivity index (χ1) is 8.74. The molecule has 18 heavy (non-hydrogen) atoms. The van der Waals surface area contributed by atoms with E-state index in [9.17, 15) is 0 Å². The summed E-state index contributed by atoms with van der Waals surface area (Å²) >= 11 is 5.26. The Bertz CT molecular complexity index is 353. The van der Waals surface area contributed by atoms with Gasteiger partial charge < -0.3 is 15.0 Å². The van der Waals surface area contributed by atoms with Crippen LogP contribution in [0.1, 0.15) is 18.4 Å². The van der Waals surface area contributed by atoms with Gasteiger partial charge in [0, 0.05) is 38.9 Å². The zero-order valence-corrected chi connectivity index (χ0v) is 13.2. The number of halogens is 1. The van der Waals surface area contributed by atoms with E-state index in [1.807, 2.05) is 0 Å². The van der Waals surface area contributed by atoms with E-state index in [-0.39, 0.29) is 0 Å². The lowest BCUT2D eigenvalue weighted by Gasteiger charge is -2.24. The molecular weight excluding hydrogens is 312 g/mol. The molecule has 1 aromatic rings. The number of ether oxygens (including phenoxy) is 1. The Morgan fingerprint density at radius 2 is 2.28 bits per heavy atom. The van der Waals surface area contributed by atoms with Gasteiger partial charge in [0.25, 0.3) is 0 Å². The minimum absolute atomic E-state index is 0.655. The lowest BCUT2D eigenvalue weighted by molar-refractivity contribution is 0.0774. The van der Waals surface area contributed by atoms with Crippen molar-refractivity contribution in [3.8, 4) is 0 Å². The molecule has 0 bridgehead atoms. The first kappa shape index (κ1) is 14.5. The third-order valence-corrected chi connectivity index (χ3v) is 4.78. The van der Waals surface area contributed by atoms with Gasteiger partial charge in [0.15, 0.2) is 0 Å². The molecule has 2 rings (SSSR count). The normalized spacial score (nSPS) is 17.5. The van der Waals surface area contributed by atoms with Crippen LogP contribution in [-0.4, -0.2) is 44.3 Å². The van der Waals surface area contributed by atoms with Crippen LogP contribution in [0.2, 0.25) is 0 Å². The Kier molecular flexibility index (Phi) is 6.11. The first-order valence-electron chi connectivity index (χ1n) is 6.46. The standard InChI is InChI=1S/C13H21BrN2OS/c1-16(9-11-8-13(14)18-10-11)5-4-15-12-2-6-17-7-3-12/h8,10,12,15H,2-7,9H2,1H3. The molecule has 0 radical (unpaired) electrons. The maximum absolute atomic E-state index is 5.35. The maximum Gasteiger partial charge on any atom is 0.0701 e. The van der Waals surface area contributed by atoms with E-state index in [4.69, 9.17) is 4.74 Å². The van der Waals surface area contributed by atoms with Crippen LogP contribution in [-0.2, 0) is 11.3 Å². The Labute approximate surface area is 122 Å². The summed E-state index contributed by atoms with van der Waals surface area (Å²) < 4.78 is 6.57. The molecule has 0 aromatic carbocycles. The molecule has 1 aromatic heterocycles. The molecule has 0 aliphatic carbocycles. The van der Waals surface area contributed by atoms with Crippen LogP contribution in [0, 0.1) is 0 Å². The average Bonchev–Trinajstić information content (AvgIpc) is 2.76. The molecule has 1 saturated heterocycles. The third-order valence-electron chi connectivity index (χ3n) is 3.22. The molecule has 0 saturated carbocycles. The van der Waals surface area contributed by atoms with Gasteiger partial charge in [-0.15, -0.1) is 11.3 Å². The average molecular weight is 333 g/mol. The molecule has 0 atom stereocenters. The van der Waals surface area contributed by atoms with Crippen molar-refractivity contribution in [3.05, 3.63) is 20.8 Å². The third kappa shape index (κ3) is 4.97. The topological polar surface area (TPSA) is 24.5 Å². The number of nitrogens with zero attached hydrogens (tertiary/aromatic N) is 1. The van der Waals surface area contributed by atoms with Crippen LogP contribution in [0.4, 0.5) is 0 Å². The van der Waals surface area contributed by atoms with Gasteiger partial charge in [0.2, 0.25) is 0 Å². The zero-order chi connectivity index (χ0) is 12.8. The van der Waals surface area contributed by atoms with Gasteiger partial charge in [-0.1, -0.05) is 0 Å². The predicted octanol–water partition coefficient (Wildman–Crippen LogP) is 2.71. The fourth-order valence-corrected chi connectivity index (χ4v) is 3.38. The zero-order valence-electron chi connectivity index (χ0n) is 10.8. The second-order valence-electron chi connectivity index (χ2n) is 4.84. The summed E-state index contributed by atoms with van der Waals surface area (Å²) in [5.74, 6) is 0. The number of hydrogen-bond donors (Lipinski definition) is 1. The Morgan fingerprint density at radius 1 is 1.50 bits per heavy atom. The first-order valence-corrected chi connectivity index (χ1v) is 8.14. The van der Waals surface area contributed by atoms with E-state index in [1.54, 1.807) is 11.3 Å². The number of nitrogens with one attached hydrogen (secondary N) is 1. The van der Waals surface area contributed by atoms with Gasteiger partial charge in [0.1, 0.15) is 0 Å². The predicted molar refractivity (Wildman–Crippen MR) is 80.2 cm³/mol. The summed E-state index contributed by atoms with van der Waals surface area (Å²) in [7, 11) is 2.18. The van der Waals surface area contributed by atoms with Crippen molar-refractivity contribution in [2.45, 2.75) is 25.4 Å². The number of thiophene rings is 1. The summed E-state index contributed by atoms with van der Waals surface area (Å²) in [6, 6.07) is 2.86. The maximum atomic E-state index is 5.35. The highest BCUT2D eigenvalue weighted by Gasteiger charge is 2.12. The minimum atomic E-state index is 0.655. The van der Waals surface area contributed by atoms with Crippen LogP contribution in [0.15, 0.2) is 15.2 Å². The van der Waals surface area contributed by atoms with Crippen molar-refractivity contribution in [2.75, 3.05) is 33.4 Å². The largest absolute Gasteiger partial charge is 0.381 e. The SMILES string of the molecule is CN(CCNC1CCOCC1)Cc1csc(Br)c1. The van der Waals surface area contributed by atoms with Gasteiger partial charge in [-0.2, -0.15) is 0 Å². The van der Waals surface area contributed by atoms with Crippen molar-refractivity contribution < 1.29 is 4.74 Å². The van der Waals surface area contributed by atoms with Crippen LogP contribution in [0.5, 0.6) is 0 Å². The highest BCUT2D eigenvalue weighted by Crippen LogP contribution is 2.21. The summed E-state index contributed by atoms with van der Waals surface area (Å²) in [5.41, 5.74) is 1.39. The molecule has 5 heteroatoms. The number of rotatable bonds is 6. The highest BCUT2D eigenvalue weighted by atomic mass is 79.9. The van der Waals surface area contributed by atoms with Crippen LogP contribution < -0.4 is 5.32 Å². The Hall–Kier alpha value is 0.0600. The van der Waals surface area contributed by atoms with Gasteiger partial charge in [-0.3, -0.25) is 0 Å². The van der Waals surface area contributed by atoms with Crippen molar-refractivity contribution >= 4 is 27.3 Å². The molecule has 0 unspecified atom stereocenters. The Balaban J connectivity index is 1.60. The molecule has 1 aliphatic rings. The van der Waals surface area contributed by atoms with Crippen molar-refractivity contribution in [1.82, 2.24) is 10.2 Å². The molecular formula is C13H21BrN2OS. The molecule has 2 heterocycles. The lowest BCUT2D eigenvalue weighted by Crippen LogP contribution is -2.39. The number of likely N-dealkylation sites (N-methyl/N-ethyl adjacent to an activating group) is 1. The molecule has 0 spiro atoms. The second-order valence-corrected chi connectivity index (χ2v) is 7.13. The summed E-state index contributed by atoms with van der Waals surface area (Å²) in [5, 5.41) is 5.83. The van der Waals surface area contributed by atoms with E-state index in [0.29, 0.717) is 6.04 Å². The molecule has 1 N–H and O–H groups in total. The second kappa shape index (κ2) is 7.60. The van der Waals surface area contributed by atoms with E-state index in [0.717, 1.165) is 45.7 Å². The summed E-state index contributed by atoms with van der Waals surface area (Å²) in [6.07, 6.45) is 2.31. The minimum Gasteiger partial charge on any atom is -0.381 e. The lowest BCUT2D eigenvalue weighted by atomic mass is 10.1. The van der Waals surface area contributed by atoms with E-state index in [1.165, 1.54) is 9.35 Å².